The molecule has 8 nitrogen and oxygen atoms in total. The first-order valence-corrected chi connectivity index (χ1v) is 12.7. The molecule has 0 spiro atoms. The Morgan fingerprint density at radius 2 is 1.53 bits per heavy atom. The Morgan fingerprint density at radius 1 is 0.944 bits per heavy atom. The molecular weight excluding hydrogens is 478 g/mol. The van der Waals surface area contributed by atoms with Crippen LogP contribution in [-0.4, -0.2) is 69.7 Å². The van der Waals surface area contributed by atoms with Crippen LogP contribution in [0.1, 0.15) is 58.9 Å². The number of nitrogens with zero attached hydrogens (tertiary/aromatic N) is 3. The van der Waals surface area contributed by atoms with Gasteiger partial charge in [0.25, 0.3) is 11.8 Å². The monoisotopic (exact) mass is 509 g/mol. The number of unbranched alkanes of at least 4 members (excludes halogenated alkanes) is 1. The van der Waals surface area contributed by atoms with Crippen molar-refractivity contribution in [1.82, 2.24) is 14.1 Å². The lowest BCUT2D eigenvalue weighted by atomic mass is 9.97. The first-order valence-electron chi connectivity index (χ1n) is 12.3. The second kappa shape index (κ2) is 11.3. The molecule has 2 aliphatic rings. The van der Waals surface area contributed by atoms with Gasteiger partial charge in [-0.1, -0.05) is 55.3 Å². The number of rotatable bonds is 10. The smallest absolute Gasteiger partial charge is 0.419 e. The minimum Gasteiger partial charge on any atom is -0.419 e. The van der Waals surface area contributed by atoms with Gasteiger partial charge in [-0.25, -0.2) is 4.79 Å². The van der Waals surface area contributed by atoms with Crippen molar-refractivity contribution in [2.75, 3.05) is 26.2 Å². The third-order valence-electron chi connectivity index (χ3n) is 6.80. The Bertz CT molecular complexity index is 1100. The Morgan fingerprint density at radius 3 is 2.11 bits per heavy atom. The summed E-state index contributed by atoms with van der Waals surface area (Å²) in [7, 11) is 0. The molecule has 0 radical (unpaired) electrons. The number of thiol groups is 1. The van der Waals surface area contributed by atoms with Crippen LogP contribution in [0.15, 0.2) is 54.6 Å². The van der Waals surface area contributed by atoms with E-state index in [1.54, 1.807) is 24.3 Å². The second-order valence-corrected chi connectivity index (χ2v) is 9.69. The van der Waals surface area contributed by atoms with Crippen LogP contribution in [0.5, 0.6) is 0 Å². The standard InChI is InChI=1S/C27H31N3O5S/c1-20(31)27(28-15-7-8-16-28,19-21-11-3-2-4-12-21)35-26(34)30(36)18-10-9-17-29-24(32)22-13-5-6-14-23(22)25(29)33/h2-6,11-14,36H,7-10,15-19H2,1H3. The van der Waals surface area contributed by atoms with E-state index in [0.717, 1.165) is 22.7 Å². The van der Waals surface area contributed by atoms with Crippen LogP contribution >= 0.6 is 12.8 Å². The van der Waals surface area contributed by atoms with E-state index in [9.17, 15) is 19.2 Å². The maximum atomic E-state index is 13.0. The molecule has 2 aromatic carbocycles. The van der Waals surface area contributed by atoms with Gasteiger partial charge in [-0.3, -0.25) is 28.5 Å². The molecule has 1 unspecified atom stereocenters. The summed E-state index contributed by atoms with van der Waals surface area (Å²) in [6, 6.07) is 16.3. The SMILES string of the molecule is CC(=O)C(Cc1ccccc1)(OC(=O)N(S)CCCCN1C(=O)c2ccccc2C1=O)N1CCCC1. The molecule has 3 amide bonds. The van der Waals surface area contributed by atoms with Gasteiger partial charge in [0.15, 0.2) is 5.78 Å². The van der Waals surface area contributed by atoms with Crippen molar-refractivity contribution in [3.05, 3.63) is 71.3 Å². The average Bonchev–Trinajstić information content (AvgIpc) is 3.50. The minimum absolute atomic E-state index is 0.228. The molecule has 2 aromatic rings. The summed E-state index contributed by atoms with van der Waals surface area (Å²) < 4.78 is 7.08. The lowest BCUT2D eigenvalue weighted by molar-refractivity contribution is -0.158. The number of amides is 3. The first-order chi connectivity index (χ1) is 17.3. The number of likely N-dealkylation sites (tertiary alicyclic amines) is 1. The van der Waals surface area contributed by atoms with Crippen molar-refractivity contribution in [3.63, 3.8) is 0 Å². The van der Waals surface area contributed by atoms with Crippen molar-refractivity contribution >= 4 is 36.5 Å². The molecule has 0 saturated carbocycles. The topological polar surface area (TPSA) is 87.2 Å². The van der Waals surface area contributed by atoms with Crippen molar-refractivity contribution < 1.29 is 23.9 Å². The summed E-state index contributed by atoms with van der Waals surface area (Å²) >= 11 is 4.31. The van der Waals surface area contributed by atoms with E-state index >= 15 is 0 Å². The summed E-state index contributed by atoms with van der Waals surface area (Å²) in [5, 5.41) is 0. The zero-order chi connectivity index (χ0) is 25.7. The predicted octanol–water partition coefficient (Wildman–Crippen LogP) is 3.97. The fourth-order valence-electron chi connectivity index (χ4n) is 4.84. The number of hydrogen-bond donors (Lipinski definition) is 1. The molecule has 9 heteroatoms. The van der Waals surface area contributed by atoms with Gasteiger partial charge >= 0.3 is 6.09 Å². The van der Waals surface area contributed by atoms with Crippen LogP contribution in [0.4, 0.5) is 4.79 Å². The minimum atomic E-state index is -1.39. The molecule has 190 valence electrons. The van der Waals surface area contributed by atoms with Gasteiger partial charge in [-0.15, -0.1) is 0 Å². The molecule has 1 fully saturated rings. The van der Waals surface area contributed by atoms with Gasteiger partial charge in [0.05, 0.1) is 11.1 Å². The lowest BCUT2D eigenvalue weighted by Crippen LogP contribution is -2.58. The first kappa shape index (κ1) is 25.9. The van der Waals surface area contributed by atoms with Gasteiger partial charge in [-0.2, -0.15) is 0 Å². The zero-order valence-electron chi connectivity index (χ0n) is 20.4. The number of ether oxygens (including phenoxy) is 1. The summed E-state index contributed by atoms with van der Waals surface area (Å²) in [4.78, 5) is 54.2. The van der Waals surface area contributed by atoms with Crippen molar-refractivity contribution in [3.8, 4) is 0 Å². The number of fused-ring (bicyclic) bond motifs is 1. The fourth-order valence-corrected chi connectivity index (χ4v) is 5.03. The van der Waals surface area contributed by atoms with Crippen LogP contribution in [0.3, 0.4) is 0 Å². The molecule has 0 bridgehead atoms. The summed E-state index contributed by atoms with van der Waals surface area (Å²) in [5.74, 6) is -0.819. The lowest BCUT2D eigenvalue weighted by Gasteiger charge is -2.39. The molecule has 0 N–H and O–H groups in total. The highest BCUT2D eigenvalue weighted by molar-refractivity contribution is 7.78. The maximum Gasteiger partial charge on any atom is 0.421 e. The van der Waals surface area contributed by atoms with E-state index in [0.29, 0.717) is 37.1 Å². The fraction of sp³-hybridized carbons (Fsp3) is 0.407. The van der Waals surface area contributed by atoms with Crippen molar-refractivity contribution in [2.24, 2.45) is 0 Å². The summed E-state index contributed by atoms with van der Waals surface area (Å²) in [6.07, 6.45) is 2.44. The predicted molar refractivity (Wildman–Crippen MR) is 138 cm³/mol. The van der Waals surface area contributed by atoms with E-state index in [1.807, 2.05) is 35.2 Å². The highest BCUT2D eigenvalue weighted by atomic mass is 32.1. The van der Waals surface area contributed by atoms with Crippen LogP contribution in [0.2, 0.25) is 0 Å². The number of imide groups is 1. The Balaban J connectivity index is 1.35. The molecule has 1 atom stereocenters. The largest absolute Gasteiger partial charge is 0.421 e. The van der Waals surface area contributed by atoms with Gasteiger partial charge in [0, 0.05) is 39.5 Å². The third-order valence-corrected chi connectivity index (χ3v) is 7.16. The quantitative estimate of drug-likeness (QED) is 0.296. The molecule has 0 aromatic heterocycles. The van der Waals surface area contributed by atoms with Crippen molar-refractivity contribution in [2.45, 2.75) is 44.8 Å². The van der Waals surface area contributed by atoms with E-state index in [2.05, 4.69) is 12.8 Å². The highest BCUT2D eigenvalue weighted by Gasteiger charge is 2.47. The van der Waals surface area contributed by atoms with Crippen molar-refractivity contribution in [1.29, 1.82) is 0 Å². The summed E-state index contributed by atoms with van der Waals surface area (Å²) in [6.45, 7) is 3.30. The molecule has 4 rings (SSSR count). The number of Topliss-reactive ketones (excluding diaryl/α,β-unsaturated/α-hetero) is 1. The van der Waals surface area contributed by atoms with E-state index in [4.69, 9.17) is 4.74 Å². The van der Waals surface area contributed by atoms with Crippen LogP contribution in [0, 0.1) is 0 Å². The maximum absolute atomic E-state index is 13.0. The highest BCUT2D eigenvalue weighted by Crippen LogP contribution is 2.30. The Labute approximate surface area is 216 Å². The number of carbonyl (C=O) groups is 4. The second-order valence-electron chi connectivity index (χ2n) is 9.20. The van der Waals surface area contributed by atoms with Gasteiger partial charge < -0.3 is 4.74 Å². The molecule has 1 saturated heterocycles. The summed E-state index contributed by atoms with van der Waals surface area (Å²) in [5.41, 5.74) is 0.348. The molecule has 2 aliphatic heterocycles. The number of carbonyl (C=O) groups excluding carboxylic acids is 4. The van der Waals surface area contributed by atoms with Gasteiger partial charge in [0.1, 0.15) is 0 Å². The normalized spacial score (nSPS) is 17.1. The number of benzene rings is 2. The molecular formula is C27H31N3O5S. The van der Waals surface area contributed by atoms with Crippen LogP contribution in [0.25, 0.3) is 0 Å². The third kappa shape index (κ3) is 5.32. The zero-order valence-corrected chi connectivity index (χ0v) is 21.3. The van der Waals surface area contributed by atoms with Gasteiger partial charge in [-0.05, 0) is 43.4 Å². The Kier molecular flexibility index (Phi) is 8.11. The molecule has 36 heavy (non-hydrogen) atoms. The number of ketones is 1. The van der Waals surface area contributed by atoms with E-state index < -0.39 is 11.8 Å². The van der Waals surface area contributed by atoms with Crippen LogP contribution in [-0.2, 0) is 16.0 Å². The van der Waals surface area contributed by atoms with E-state index in [-0.39, 0.29) is 37.1 Å². The van der Waals surface area contributed by atoms with Gasteiger partial charge in [0.2, 0.25) is 5.72 Å². The average molecular weight is 510 g/mol. The van der Waals surface area contributed by atoms with E-state index in [1.165, 1.54) is 11.8 Å². The Hall–Kier alpha value is -3.17. The molecule has 0 aliphatic carbocycles. The van der Waals surface area contributed by atoms with Crippen LogP contribution < -0.4 is 0 Å². The number of hydrogen-bond acceptors (Lipinski definition) is 7. The molecule has 2 heterocycles.